The van der Waals surface area contributed by atoms with E-state index in [2.05, 4.69) is 27.9 Å². The smallest absolute Gasteiger partial charge is 0.256 e. The zero-order chi connectivity index (χ0) is 17.6. The second-order valence-corrected chi connectivity index (χ2v) is 6.54. The quantitative estimate of drug-likeness (QED) is 0.542. The van der Waals surface area contributed by atoms with Gasteiger partial charge in [-0.05, 0) is 64.6 Å². The molecule has 0 aliphatic rings. The fourth-order valence-electron chi connectivity index (χ4n) is 2.31. The zero-order valence-corrected chi connectivity index (χ0v) is 15.4. The van der Waals surface area contributed by atoms with Crippen LogP contribution in [0.2, 0.25) is 0 Å². The maximum absolute atomic E-state index is 13.2. The minimum atomic E-state index is -0.337. The summed E-state index contributed by atoms with van der Waals surface area (Å²) in [5.41, 5.74) is 2.19. The van der Waals surface area contributed by atoms with Crippen LogP contribution in [0, 0.1) is 9.39 Å². The summed E-state index contributed by atoms with van der Waals surface area (Å²) < 4.78 is 19.6. The third-order valence-corrected chi connectivity index (χ3v) is 4.45. The van der Waals surface area contributed by atoms with Gasteiger partial charge in [0.05, 0.1) is 5.56 Å². The van der Waals surface area contributed by atoms with Crippen molar-refractivity contribution in [2.24, 2.45) is 0 Å². The maximum Gasteiger partial charge on any atom is 0.256 e. The van der Waals surface area contributed by atoms with E-state index >= 15 is 0 Å². The van der Waals surface area contributed by atoms with Gasteiger partial charge in [-0.1, -0.05) is 30.3 Å². The van der Waals surface area contributed by atoms with E-state index < -0.39 is 0 Å². The maximum atomic E-state index is 13.2. The molecule has 0 unspecified atom stereocenters. The first-order valence-electron chi connectivity index (χ1n) is 7.65. The predicted octanol–water partition coefficient (Wildman–Crippen LogP) is 5.26. The summed E-state index contributed by atoms with van der Waals surface area (Å²) >= 11 is 2.14. The minimum absolute atomic E-state index is 0.159. The molecule has 0 radical (unpaired) electrons. The number of hydrogen-bond acceptors (Lipinski definition) is 2. The SMILES string of the molecule is O=C(Nc1cccc(COc2cccc(F)c2)c1)c1ccccc1I. The number of amides is 1. The molecule has 3 rings (SSSR count). The van der Waals surface area contributed by atoms with Crippen molar-refractivity contribution < 1.29 is 13.9 Å². The first kappa shape index (κ1) is 17.4. The summed E-state index contributed by atoms with van der Waals surface area (Å²) in [5.74, 6) is -0.0301. The number of benzene rings is 3. The standard InChI is InChI=1S/C20H15FINO2/c21-15-6-4-8-17(12-15)25-13-14-5-3-7-16(11-14)23-20(24)18-9-1-2-10-19(18)22/h1-12H,13H2,(H,23,24). The van der Waals surface area contributed by atoms with Gasteiger partial charge in [-0.3, -0.25) is 4.79 Å². The Kier molecular flexibility index (Phi) is 5.65. The fraction of sp³-hybridized carbons (Fsp3) is 0.0500. The van der Waals surface area contributed by atoms with Crippen LogP contribution in [0.25, 0.3) is 0 Å². The van der Waals surface area contributed by atoms with Crippen LogP contribution in [0.3, 0.4) is 0 Å². The molecule has 3 aromatic carbocycles. The minimum Gasteiger partial charge on any atom is -0.489 e. The van der Waals surface area contributed by atoms with Crippen molar-refractivity contribution in [2.45, 2.75) is 6.61 Å². The molecule has 126 valence electrons. The van der Waals surface area contributed by atoms with Crippen molar-refractivity contribution in [3.05, 3.63) is 93.3 Å². The third kappa shape index (κ3) is 4.79. The second-order valence-electron chi connectivity index (χ2n) is 5.38. The summed E-state index contributed by atoms with van der Waals surface area (Å²) in [5, 5.41) is 2.89. The molecule has 25 heavy (non-hydrogen) atoms. The molecule has 0 heterocycles. The first-order valence-corrected chi connectivity index (χ1v) is 8.73. The topological polar surface area (TPSA) is 38.3 Å². The molecule has 3 nitrogen and oxygen atoms in total. The van der Waals surface area contributed by atoms with Crippen LogP contribution in [0.1, 0.15) is 15.9 Å². The van der Waals surface area contributed by atoms with E-state index in [0.29, 0.717) is 17.0 Å². The number of carbonyl (C=O) groups excluding carboxylic acids is 1. The number of hydrogen-bond donors (Lipinski definition) is 1. The molecule has 3 aromatic rings. The van der Waals surface area contributed by atoms with E-state index in [1.807, 2.05) is 42.5 Å². The highest BCUT2D eigenvalue weighted by atomic mass is 127. The molecule has 0 aromatic heterocycles. The van der Waals surface area contributed by atoms with Crippen molar-refractivity contribution in [1.82, 2.24) is 0 Å². The summed E-state index contributed by atoms with van der Waals surface area (Å²) in [6, 6.07) is 20.8. The first-order chi connectivity index (χ1) is 12.1. The van der Waals surface area contributed by atoms with Crippen LogP contribution in [-0.4, -0.2) is 5.91 Å². The van der Waals surface area contributed by atoms with Crippen molar-refractivity contribution >= 4 is 34.2 Å². The van der Waals surface area contributed by atoms with Crippen LogP contribution in [-0.2, 0) is 6.61 Å². The van der Waals surface area contributed by atoms with Gasteiger partial charge in [-0.25, -0.2) is 4.39 Å². The van der Waals surface area contributed by atoms with Crippen molar-refractivity contribution in [3.63, 3.8) is 0 Å². The van der Waals surface area contributed by atoms with Gasteiger partial charge in [0, 0.05) is 15.3 Å². The molecule has 0 bridgehead atoms. The summed E-state index contributed by atoms with van der Waals surface area (Å²) in [6.07, 6.45) is 0. The fourth-order valence-corrected chi connectivity index (χ4v) is 2.94. The number of halogens is 2. The van der Waals surface area contributed by atoms with Gasteiger partial charge in [-0.2, -0.15) is 0 Å². The summed E-state index contributed by atoms with van der Waals surface area (Å²) in [4.78, 5) is 12.4. The molecule has 0 saturated carbocycles. The van der Waals surface area contributed by atoms with Gasteiger partial charge >= 0.3 is 0 Å². The van der Waals surface area contributed by atoms with Crippen LogP contribution in [0.15, 0.2) is 72.8 Å². The Balaban J connectivity index is 1.67. The number of ether oxygens (including phenoxy) is 1. The highest BCUT2D eigenvalue weighted by Gasteiger charge is 2.09. The highest BCUT2D eigenvalue weighted by Crippen LogP contribution is 2.18. The predicted molar refractivity (Wildman–Crippen MR) is 104 cm³/mol. The lowest BCUT2D eigenvalue weighted by molar-refractivity contribution is 0.102. The van der Waals surface area contributed by atoms with Crippen molar-refractivity contribution in [3.8, 4) is 5.75 Å². The molecule has 1 amide bonds. The van der Waals surface area contributed by atoms with Gasteiger partial charge in [-0.15, -0.1) is 0 Å². The zero-order valence-electron chi connectivity index (χ0n) is 13.2. The number of carbonyl (C=O) groups is 1. The molecule has 0 aliphatic carbocycles. The van der Waals surface area contributed by atoms with Crippen LogP contribution in [0.5, 0.6) is 5.75 Å². The van der Waals surface area contributed by atoms with Gasteiger partial charge in [0.2, 0.25) is 0 Å². The Bertz CT molecular complexity index is 898. The lowest BCUT2D eigenvalue weighted by Crippen LogP contribution is -2.13. The van der Waals surface area contributed by atoms with Gasteiger partial charge < -0.3 is 10.1 Å². The van der Waals surface area contributed by atoms with Gasteiger partial charge in [0.25, 0.3) is 5.91 Å². The van der Waals surface area contributed by atoms with Crippen molar-refractivity contribution in [2.75, 3.05) is 5.32 Å². The number of rotatable bonds is 5. The van der Waals surface area contributed by atoms with E-state index in [-0.39, 0.29) is 18.3 Å². The molecular weight excluding hydrogens is 432 g/mol. The lowest BCUT2D eigenvalue weighted by Gasteiger charge is -2.10. The van der Waals surface area contributed by atoms with E-state index in [9.17, 15) is 9.18 Å². The van der Waals surface area contributed by atoms with E-state index in [1.54, 1.807) is 18.2 Å². The Labute approximate surface area is 159 Å². The van der Waals surface area contributed by atoms with E-state index in [0.717, 1.165) is 9.13 Å². The molecule has 0 atom stereocenters. The van der Waals surface area contributed by atoms with Crippen LogP contribution >= 0.6 is 22.6 Å². The number of anilines is 1. The van der Waals surface area contributed by atoms with Crippen LogP contribution < -0.4 is 10.1 Å². The summed E-state index contributed by atoms with van der Waals surface area (Å²) in [7, 11) is 0. The van der Waals surface area contributed by atoms with E-state index in [4.69, 9.17) is 4.74 Å². The monoisotopic (exact) mass is 447 g/mol. The molecule has 1 N–H and O–H groups in total. The Morgan fingerprint density at radius 3 is 2.60 bits per heavy atom. The molecule has 0 saturated heterocycles. The average molecular weight is 447 g/mol. The summed E-state index contributed by atoms with van der Waals surface area (Å²) in [6.45, 7) is 0.288. The normalized spacial score (nSPS) is 10.3. The Morgan fingerprint density at radius 2 is 1.80 bits per heavy atom. The molecular formula is C20H15FINO2. The average Bonchev–Trinajstić information content (AvgIpc) is 2.61. The van der Waals surface area contributed by atoms with Gasteiger partial charge in [0.15, 0.2) is 0 Å². The Morgan fingerprint density at radius 1 is 1.00 bits per heavy atom. The molecule has 0 aliphatic heterocycles. The van der Waals surface area contributed by atoms with Crippen molar-refractivity contribution in [1.29, 1.82) is 0 Å². The molecule has 5 heteroatoms. The highest BCUT2D eigenvalue weighted by molar-refractivity contribution is 14.1. The van der Waals surface area contributed by atoms with Crippen LogP contribution in [0.4, 0.5) is 10.1 Å². The molecule has 0 fully saturated rings. The largest absolute Gasteiger partial charge is 0.489 e. The Hall–Kier alpha value is -2.41. The second kappa shape index (κ2) is 8.11. The number of nitrogens with one attached hydrogen (secondary N) is 1. The van der Waals surface area contributed by atoms with Gasteiger partial charge in [0.1, 0.15) is 18.2 Å². The third-order valence-electron chi connectivity index (χ3n) is 3.50. The lowest BCUT2D eigenvalue weighted by atomic mass is 10.2. The van der Waals surface area contributed by atoms with E-state index in [1.165, 1.54) is 12.1 Å². The molecule has 0 spiro atoms.